The Morgan fingerprint density at radius 3 is 2.55 bits per heavy atom. The standard InChI is InChI=1S/C17H20N2O2S/c1-4-15-9-10-16(22-15)12(2)18-19-17(20)11-13-5-7-14(21-3)8-6-13/h5-10H,4,11H2,1-3H3,(H,19,20)/b18-12+. The Morgan fingerprint density at radius 1 is 1.23 bits per heavy atom. The smallest absolute Gasteiger partial charge is 0.244 e. The number of thiophene rings is 1. The maximum atomic E-state index is 11.9. The SMILES string of the molecule is CCc1ccc(/C(C)=N/NC(=O)Cc2ccc(OC)cc2)s1. The molecule has 0 aliphatic rings. The number of hydrogen-bond acceptors (Lipinski definition) is 4. The highest BCUT2D eigenvalue weighted by Gasteiger charge is 2.05. The molecule has 1 amide bonds. The van der Waals surface area contributed by atoms with Crippen LogP contribution in [0.25, 0.3) is 0 Å². The van der Waals surface area contributed by atoms with E-state index in [0.717, 1.165) is 28.3 Å². The molecule has 1 aromatic heterocycles. The van der Waals surface area contributed by atoms with Crippen LogP contribution >= 0.6 is 11.3 Å². The van der Waals surface area contributed by atoms with E-state index < -0.39 is 0 Å². The van der Waals surface area contributed by atoms with Crippen LogP contribution in [-0.4, -0.2) is 18.7 Å². The van der Waals surface area contributed by atoms with Gasteiger partial charge in [-0.2, -0.15) is 5.10 Å². The van der Waals surface area contributed by atoms with Gasteiger partial charge in [-0.3, -0.25) is 4.79 Å². The number of amides is 1. The molecule has 2 aromatic rings. The highest BCUT2D eigenvalue weighted by molar-refractivity contribution is 7.14. The number of aryl methyl sites for hydroxylation is 1. The van der Waals surface area contributed by atoms with Crippen LogP contribution in [0.3, 0.4) is 0 Å². The highest BCUT2D eigenvalue weighted by Crippen LogP contribution is 2.17. The largest absolute Gasteiger partial charge is 0.497 e. The topological polar surface area (TPSA) is 50.7 Å². The van der Waals surface area contributed by atoms with Crippen molar-refractivity contribution < 1.29 is 9.53 Å². The first-order chi connectivity index (χ1) is 10.6. The van der Waals surface area contributed by atoms with Gasteiger partial charge in [-0.05, 0) is 43.2 Å². The van der Waals surface area contributed by atoms with Gasteiger partial charge in [-0.1, -0.05) is 19.1 Å². The molecule has 0 saturated carbocycles. The maximum Gasteiger partial charge on any atom is 0.244 e. The Hall–Kier alpha value is -2.14. The van der Waals surface area contributed by atoms with Crippen molar-refractivity contribution in [2.45, 2.75) is 26.7 Å². The first kappa shape index (κ1) is 16.2. The van der Waals surface area contributed by atoms with Crippen molar-refractivity contribution in [2.75, 3.05) is 7.11 Å². The minimum absolute atomic E-state index is 0.128. The number of nitrogens with zero attached hydrogens (tertiary/aromatic N) is 1. The molecule has 116 valence electrons. The minimum Gasteiger partial charge on any atom is -0.497 e. The van der Waals surface area contributed by atoms with Gasteiger partial charge in [0.05, 0.1) is 24.1 Å². The van der Waals surface area contributed by atoms with E-state index in [-0.39, 0.29) is 5.91 Å². The summed E-state index contributed by atoms with van der Waals surface area (Å²) in [5, 5.41) is 4.17. The average Bonchev–Trinajstić information content (AvgIpc) is 3.02. The number of benzene rings is 1. The van der Waals surface area contributed by atoms with Gasteiger partial charge in [-0.25, -0.2) is 5.43 Å². The predicted molar refractivity (Wildman–Crippen MR) is 90.7 cm³/mol. The van der Waals surface area contributed by atoms with Crippen molar-refractivity contribution in [3.63, 3.8) is 0 Å². The lowest BCUT2D eigenvalue weighted by Crippen LogP contribution is -2.21. The number of nitrogens with one attached hydrogen (secondary N) is 1. The molecule has 0 spiro atoms. The van der Waals surface area contributed by atoms with Crippen LogP contribution in [0.5, 0.6) is 5.75 Å². The van der Waals surface area contributed by atoms with Gasteiger partial charge in [0.2, 0.25) is 5.91 Å². The summed E-state index contributed by atoms with van der Waals surface area (Å²) in [6.07, 6.45) is 1.31. The lowest BCUT2D eigenvalue weighted by atomic mass is 10.1. The molecule has 0 unspecified atom stereocenters. The zero-order chi connectivity index (χ0) is 15.9. The van der Waals surface area contributed by atoms with Gasteiger partial charge in [0.1, 0.15) is 5.75 Å². The second kappa shape index (κ2) is 7.75. The zero-order valence-corrected chi connectivity index (χ0v) is 13.9. The van der Waals surface area contributed by atoms with Gasteiger partial charge in [0.15, 0.2) is 0 Å². The van der Waals surface area contributed by atoms with E-state index in [1.165, 1.54) is 4.88 Å². The molecule has 4 nitrogen and oxygen atoms in total. The van der Waals surface area contributed by atoms with Crippen LogP contribution in [0.1, 0.15) is 29.2 Å². The Morgan fingerprint density at radius 2 is 1.95 bits per heavy atom. The van der Waals surface area contributed by atoms with Gasteiger partial charge in [0.25, 0.3) is 0 Å². The first-order valence-corrected chi connectivity index (χ1v) is 7.99. The van der Waals surface area contributed by atoms with Crippen molar-refractivity contribution in [3.05, 3.63) is 51.7 Å². The molecule has 0 aliphatic heterocycles. The molecule has 1 heterocycles. The van der Waals surface area contributed by atoms with Gasteiger partial charge >= 0.3 is 0 Å². The summed E-state index contributed by atoms with van der Waals surface area (Å²) in [7, 11) is 1.62. The van der Waals surface area contributed by atoms with Gasteiger partial charge in [-0.15, -0.1) is 11.3 Å². The second-order valence-corrected chi connectivity index (χ2v) is 6.04. The number of carbonyl (C=O) groups excluding carboxylic acids is 1. The van der Waals surface area contributed by atoms with E-state index in [1.807, 2.05) is 37.3 Å². The molecule has 0 radical (unpaired) electrons. The molecule has 5 heteroatoms. The first-order valence-electron chi connectivity index (χ1n) is 7.17. The number of carbonyl (C=O) groups is 1. The van der Waals surface area contributed by atoms with Crippen LogP contribution in [0, 0.1) is 0 Å². The maximum absolute atomic E-state index is 11.9. The molecule has 0 atom stereocenters. The molecule has 1 N–H and O–H groups in total. The number of methoxy groups -OCH3 is 1. The third-order valence-electron chi connectivity index (χ3n) is 3.24. The molecule has 1 aromatic carbocycles. The van der Waals surface area contributed by atoms with E-state index in [9.17, 15) is 4.79 Å². The lowest BCUT2D eigenvalue weighted by molar-refractivity contribution is -0.120. The van der Waals surface area contributed by atoms with E-state index in [2.05, 4.69) is 23.5 Å². The molecule has 0 fully saturated rings. The summed E-state index contributed by atoms with van der Waals surface area (Å²) in [4.78, 5) is 14.3. The highest BCUT2D eigenvalue weighted by atomic mass is 32.1. The predicted octanol–water partition coefficient (Wildman–Crippen LogP) is 3.40. The summed E-state index contributed by atoms with van der Waals surface area (Å²) in [5.41, 5.74) is 4.36. The quantitative estimate of drug-likeness (QED) is 0.656. The van der Waals surface area contributed by atoms with Gasteiger partial charge < -0.3 is 4.74 Å². The number of rotatable bonds is 6. The number of hydrogen-bond donors (Lipinski definition) is 1. The molecule has 2 rings (SSSR count). The Kier molecular flexibility index (Phi) is 5.72. The lowest BCUT2D eigenvalue weighted by Gasteiger charge is -2.03. The fourth-order valence-corrected chi connectivity index (χ4v) is 2.82. The Bertz CT molecular complexity index is 660. The molecule has 0 saturated heterocycles. The third kappa shape index (κ3) is 4.43. The zero-order valence-electron chi connectivity index (χ0n) is 13.1. The summed E-state index contributed by atoms with van der Waals surface area (Å²) < 4.78 is 5.09. The van der Waals surface area contributed by atoms with Crippen LogP contribution in [0.2, 0.25) is 0 Å². The van der Waals surface area contributed by atoms with Crippen molar-refractivity contribution in [3.8, 4) is 5.75 Å². The second-order valence-electron chi connectivity index (χ2n) is 4.88. The molecule has 22 heavy (non-hydrogen) atoms. The average molecular weight is 316 g/mol. The molecule has 0 bridgehead atoms. The summed E-state index contributed by atoms with van der Waals surface area (Å²) >= 11 is 1.70. The van der Waals surface area contributed by atoms with Gasteiger partial charge in [0, 0.05) is 4.88 Å². The van der Waals surface area contributed by atoms with Crippen molar-refractivity contribution in [1.82, 2.24) is 5.43 Å². The van der Waals surface area contributed by atoms with Crippen LogP contribution in [0.4, 0.5) is 0 Å². The molecular weight excluding hydrogens is 296 g/mol. The van der Waals surface area contributed by atoms with Crippen molar-refractivity contribution in [2.24, 2.45) is 5.10 Å². The normalized spacial score (nSPS) is 11.3. The summed E-state index contributed by atoms with van der Waals surface area (Å²) in [5.74, 6) is 0.652. The minimum atomic E-state index is -0.128. The summed E-state index contributed by atoms with van der Waals surface area (Å²) in [6.45, 7) is 4.03. The molecule has 0 aliphatic carbocycles. The fourth-order valence-electron chi connectivity index (χ4n) is 1.93. The Labute approximate surface area is 134 Å². The van der Waals surface area contributed by atoms with Crippen LogP contribution in [-0.2, 0) is 17.6 Å². The van der Waals surface area contributed by atoms with E-state index in [4.69, 9.17) is 4.74 Å². The van der Waals surface area contributed by atoms with E-state index in [1.54, 1.807) is 18.4 Å². The van der Waals surface area contributed by atoms with E-state index >= 15 is 0 Å². The summed E-state index contributed by atoms with van der Waals surface area (Å²) in [6, 6.07) is 11.6. The van der Waals surface area contributed by atoms with Crippen LogP contribution < -0.4 is 10.2 Å². The molecular formula is C17H20N2O2S. The number of ether oxygens (including phenoxy) is 1. The fraction of sp³-hybridized carbons (Fsp3) is 0.294. The third-order valence-corrected chi connectivity index (χ3v) is 4.58. The monoisotopic (exact) mass is 316 g/mol. The van der Waals surface area contributed by atoms with Crippen molar-refractivity contribution >= 4 is 23.0 Å². The van der Waals surface area contributed by atoms with E-state index in [0.29, 0.717) is 6.42 Å². The Balaban J connectivity index is 1.91. The van der Waals surface area contributed by atoms with Crippen LogP contribution in [0.15, 0.2) is 41.5 Å². The number of hydrazone groups is 1. The van der Waals surface area contributed by atoms with Crippen molar-refractivity contribution in [1.29, 1.82) is 0 Å².